The standard InChI is InChI=1S/C8H14O2/c1-3-7-4-6(2)10-8(9)5-7/h6-7H,3-5H2,1-2H3. The monoisotopic (exact) mass is 142 g/mol. The summed E-state index contributed by atoms with van der Waals surface area (Å²) in [5, 5.41) is 0. The molecule has 0 saturated carbocycles. The molecule has 10 heavy (non-hydrogen) atoms. The molecule has 1 rings (SSSR count). The van der Waals surface area contributed by atoms with Gasteiger partial charge in [-0.2, -0.15) is 0 Å². The summed E-state index contributed by atoms with van der Waals surface area (Å²) in [5.74, 6) is 0.543. The lowest BCUT2D eigenvalue weighted by atomic mass is 9.94. The van der Waals surface area contributed by atoms with Crippen LogP contribution in [0.2, 0.25) is 0 Å². The van der Waals surface area contributed by atoms with Gasteiger partial charge in [-0.15, -0.1) is 0 Å². The molecule has 2 unspecified atom stereocenters. The largest absolute Gasteiger partial charge is 0.463 e. The van der Waals surface area contributed by atoms with Crippen LogP contribution in [0.15, 0.2) is 0 Å². The van der Waals surface area contributed by atoms with Crippen LogP contribution in [0.4, 0.5) is 0 Å². The molecule has 58 valence electrons. The van der Waals surface area contributed by atoms with Crippen LogP contribution in [0.3, 0.4) is 0 Å². The van der Waals surface area contributed by atoms with E-state index >= 15 is 0 Å². The molecule has 0 aromatic heterocycles. The van der Waals surface area contributed by atoms with Gasteiger partial charge in [0.05, 0.1) is 6.10 Å². The average Bonchev–Trinajstić information content (AvgIpc) is 1.85. The first-order valence-corrected chi connectivity index (χ1v) is 3.91. The van der Waals surface area contributed by atoms with E-state index in [0.29, 0.717) is 12.3 Å². The molecule has 0 aromatic carbocycles. The summed E-state index contributed by atoms with van der Waals surface area (Å²) >= 11 is 0. The second-order valence-electron chi connectivity index (χ2n) is 3.01. The molecular weight excluding hydrogens is 128 g/mol. The van der Waals surface area contributed by atoms with Crippen molar-refractivity contribution in [2.24, 2.45) is 5.92 Å². The Morgan fingerprint density at radius 2 is 2.40 bits per heavy atom. The molecule has 0 bridgehead atoms. The van der Waals surface area contributed by atoms with Crippen LogP contribution in [0.25, 0.3) is 0 Å². The van der Waals surface area contributed by atoms with Crippen LogP contribution in [0.1, 0.15) is 33.1 Å². The maximum Gasteiger partial charge on any atom is 0.306 e. The van der Waals surface area contributed by atoms with Gasteiger partial charge in [0.2, 0.25) is 0 Å². The summed E-state index contributed by atoms with van der Waals surface area (Å²) in [6, 6.07) is 0. The zero-order valence-electron chi connectivity index (χ0n) is 6.59. The fourth-order valence-electron chi connectivity index (χ4n) is 1.42. The van der Waals surface area contributed by atoms with E-state index in [1.54, 1.807) is 0 Å². The quantitative estimate of drug-likeness (QED) is 0.521. The molecule has 0 N–H and O–H groups in total. The molecule has 0 aliphatic carbocycles. The van der Waals surface area contributed by atoms with Gasteiger partial charge in [-0.3, -0.25) is 4.79 Å². The van der Waals surface area contributed by atoms with Crippen molar-refractivity contribution >= 4 is 5.97 Å². The predicted octanol–water partition coefficient (Wildman–Crippen LogP) is 1.74. The van der Waals surface area contributed by atoms with Crippen molar-refractivity contribution in [2.45, 2.75) is 39.2 Å². The Balaban J connectivity index is 2.42. The van der Waals surface area contributed by atoms with Crippen molar-refractivity contribution in [3.05, 3.63) is 0 Å². The first kappa shape index (κ1) is 7.58. The van der Waals surface area contributed by atoms with Gasteiger partial charge >= 0.3 is 5.97 Å². The number of cyclic esters (lactones) is 1. The number of hydrogen-bond donors (Lipinski definition) is 0. The van der Waals surface area contributed by atoms with E-state index in [2.05, 4.69) is 6.92 Å². The second kappa shape index (κ2) is 3.04. The highest BCUT2D eigenvalue weighted by molar-refractivity contribution is 5.70. The Morgan fingerprint density at radius 3 is 2.90 bits per heavy atom. The van der Waals surface area contributed by atoms with Crippen LogP contribution >= 0.6 is 0 Å². The normalized spacial score (nSPS) is 33.6. The number of hydrogen-bond acceptors (Lipinski definition) is 2. The smallest absolute Gasteiger partial charge is 0.306 e. The lowest BCUT2D eigenvalue weighted by molar-refractivity contribution is -0.155. The van der Waals surface area contributed by atoms with Gasteiger partial charge < -0.3 is 4.74 Å². The number of carbonyl (C=O) groups is 1. The zero-order chi connectivity index (χ0) is 7.56. The van der Waals surface area contributed by atoms with E-state index in [1.807, 2.05) is 6.92 Å². The summed E-state index contributed by atoms with van der Waals surface area (Å²) in [7, 11) is 0. The Bertz CT molecular complexity index is 131. The van der Waals surface area contributed by atoms with E-state index < -0.39 is 0 Å². The molecule has 0 amide bonds. The van der Waals surface area contributed by atoms with Crippen LogP contribution in [0, 0.1) is 5.92 Å². The van der Waals surface area contributed by atoms with E-state index in [4.69, 9.17) is 4.74 Å². The second-order valence-corrected chi connectivity index (χ2v) is 3.01. The highest BCUT2D eigenvalue weighted by Crippen LogP contribution is 2.22. The number of esters is 1. The molecule has 2 nitrogen and oxygen atoms in total. The first-order chi connectivity index (χ1) is 4.72. The van der Waals surface area contributed by atoms with Crippen LogP contribution in [0.5, 0.6) is 0 Å². The molecule has 1 fully saturated rings. The molecular formula is C8H14O2. The molecule has 0 aromatic rings. The summed E-state index contributed by atoms with van der Waals surface area (Å²) in [4.78, 5) is 10.8. The molecule has 1 aliphatic heterocycles. The van der Waals surface area contributed by atoms with E-state index in [-0.39, 0.29) is 12.1 Å². The topological polar surface area (TPSA) is 26.3 Å². The zero-order valence-corrected chi connectivity index (χ0v) is 6.59. The maximum atomic E-state index is 10.8. The predicted molar refractivity (Wildman–Crippen MR) is 38.6 cm³/mol. The van der Waals surface area contributed by atoms with Crippen molar-refractivity contribution < 1.29 is 9.53 Å². The summed E-state index contributed by atoms with van der Waals surface area (Å²) in [5.41, 5.74) is 0. The van der Waals surface area contributed by atoms with Crippen molar-refractivity contribution in [1.29, 1.82) is 0 Å². The average molecular weight is 142 g/mol. The van der Waals surface area contributed by atoms with Crippen molar-refractivity contribution in [3.8, 4) is 0 Å². The molecule has 0 radical (unpaired) electrons. The maximum absolute atomic E-state index is 10.8. The van der Waals surface area contributed by atoms with Gasteiger partial charge in [0, 0.05) is 6.42 Å². The molecule has 2 atom stereocenters. The van der Waals surface area contributed by atoms with E-state index in [1.165, 1.54) is 0 Å². The summed E-state index contributed by atoms with van der Waals surface area (Å²) in [6.07, 6.45) is 2.91. The third kappa shape index (κ3) is 1.72. The number of ether oxygens (including phenoxy) is 1. The van der Waals surface area contributed by atoms with Crippen molar-refractivity contribution in [1.82, 2.24) is 0 Å². The van der Waals surface area contributed by atoms with Crippen LogP contribution in [-0.2, 0) is 9.53 Å². The molecule has 1 heterocycles. The Hall–Kier alpha value is -0.530. The minimum absolute atomic E-state index is 0.0226. The van der Waals surface area contributed by atoms with E-state index in [9.17, 15) is 4.79 Å². The number of rotatable bonds is 1. The molecule has 0 spiro atoms. The third-order valence-electron chi connectivity index (χ3n) is 2.03. The van der Waals surface area contributed by atoms with Crippen LogP contribution in [-0.4, -0.2) is 12.1 Å². The lowest BCUT2D eigenvalue weighted by Crippen LogP contribution is -2.26. The Labute approximate surface area is 61.6 Å². The highest BCUT2D eigenvalue weighted by atomic mass is 16.5. The SMILES string of the molecule is CCC1CC(=O)OC(C)C1. The highest BCUT2D eigenvalue weighted by Gasteiger charge is 2.23. The third-order valence-corrected chi connectivity index (χ3v) is 2.03. The van der Waals surface area contributed by atoms with E-state index in [0.717, 1.165) is 12.8 Å². The van der Waals surface area contributed by atoms with Gasteiger partial charge in [0.15, 0.2) is 0 Å². The van der Waals surface area contributed by atoms with Gasteiger partial charge in [0.25, 0.3) is 0 Å². The lowest BCUT2D eigenvalue weighted by Gasteiger charge is -2.25. The van der Waals surface area contributed by atoms with Gasteiger partial charge in [-0.25, -0.2) is 0 Å². The fourth-order valence-corrected chi connectivity index (χ4v) is 1.42. The van der Waals surface area contributed by atoms with Gasteiger partial charge in [-0.1, -0.05) is 13.3 Å². The number of carbonyl (C=O) groups excluding carboxylic acids is 1. The van der Waals surface area contributed by atoms with Gasteiger partial charge in [-0.05, 0) is 19.3 Å². The summed E-state index contributed by atoms with van der Waals surface area (Å²) < 4.78 is 4.98. The minimum Gasteiger partial charge on any atom is -0.463 e. The van der Waals surface area contributed by atoms with Crippen molar-refractivity contribution in [3.63, 3.8) is 0 Å². The fraction of sp³-hybridized carbons (Fsp3) is 0.875. The summed E-state index contributed by atoms with van der Waals surface area (Å²) in [6.45, 7) is 4.08. The van der Waals surface area contributed by atoms with Crippen LogP contribution < -0.4 is 0 Å². The Morgan fingerprint density at radius 1 is 1.70 bits per heavy atom. The Kier molecular flexibility index (Phi) is 2.30. The molecule has 1 saturated heterocycles. The molecule has 1 aliphatic rings. The van der Waals surface area contributed by atoms with Gasteiger partial charge in [0.1, 0.15) is 0 Å². The van der Waals surface area contributed by atoms with Crippen molar-refractivity contribution in [2.75, 3.05) is 0 Å². The first-order valence-electron chi connectivity index (χ1n) is 3.91. The molecule has 2 heteroatoms. The minimum atomic E-state index is -0.0226.